The van der Waals surface area contributed by atoms with E-state index >= 15 is 0 Å². The van der Waals surface area contributed by atoms with Gasteiger partial charge in [0.2, 0.25) is 6.30 Å². The van der Waals surface area contributed by atoms with E-state index in [9.17, 15) is 31.5 Å². The van der Waals surface area contributed by atoms with Crippen molar-refractivity contribution in [3.05, 3.63) is 0 Å². The summed E-state index contributed by atoms with van der Waals surface area (Å²) in [6.45, 7) is -0.433. The Morgan fingerprint density at radius 3 is 2.26 bits per heavy atom. The smallest absolute Gasteiger partial charge is 0.315 e. The van der Waals surface area contributed by atoms with Gasteiger partial charge in [-0.2, -0.15) is 13.2 Å². The molecule has 0 aromatic rings. The fourth-order valence-electron chi connectivity index (χ4n) is 2.34. The molecule has 1 unspecified atom stereocenters. The number of hydrogen-bond acceptors (Lipinski definition) is 4. The van der Waals surface area contributed by atoms with Crippen LogP contribution in [0.15, 0.2) is 0 Å². The number of likely N-dealkylation sites (tertiary alicyclic amines) is 2. The highest BCUT2D eigenvalue weighted by molar-refractivity contribution is 5.82. The Morgan fingerprint density at radius 1 is 1.22 bits per heavy atom. The van der Waals surface area contributed by atoms with Gasteiger partial charge in [0.25, 0.3) is 0 Å². The van der Waals surface area contributed by atoms with Gasteiger partial charge in [0.15, 0.2) is 0 Å². The van der Waals surface area contributed by atoms with Crippen LogP contribution in [0.4, 0.5) is 26.7 Å². The lowest BCUT2D eigenvalue weighted by atomic mass is 10.2. The summed E-state index contributed by atoms with van der Waals surface area (Å²) in [7, 11) is 0. The molecule has 6 nitrogen and oxygen atoms in total. The Bertz CT molecular complexity index is 450. The summed E-state index contributed by atoms with van der Waals surface area (Å²) >= 11 is 0. The molecule has 2 aliphatic rings. The Morgan fingerprint density at radius 2 is 1.78 bits per heavy atom. The van der Waals surface area contributed by atoms with E-state index < -0.39 is 42.3 Å². The van der Waals surface area contributed by atoms with Crippen LogP contribution >= 0.6 is 0 Å². The lowest BCUT2D eigenvalue weighted by Crippen LogP contribution is -2.56. The van der Waals surface area contributed by atoms with Gasteiger partial charge in [0.05, 0.1) is 6.54 Å². The second-order valence-electron chi connectivity index (χ2n) is 5.43. The molecule has 11 heteroatoms. The molecular weight excluding hydrogens is 329 g/mol. The number of nitrogens with zero attached hydrogens (tertiary/aromatic N) is 3. The van der Waals surface area contributed by atoms with E-state index in [0.29, 0.717) is 12.8 Å². The zero-order valence-corrected chi connectivity index (χ0v) is 12.1. The number of hydrogen-bond donors (Lipinski definition) is 0. The van der Waals surface area contributed by atoms with E-state index in [0.717, 1.165) is 4.90 Å². The van der Waals surface area contributed by atoms with Gasteiger partial charge in [0.1, 0.15) is 6.17 Å². The molecule has 2 rings (SSSR count). The quantitative estimate of drug-likeness (QED) is 0.442. The molecule has 0 spiro atoms. The van der Waals surface area contributed by atoms with Gasteiger partial charge < -0.3 is 9.74 Å². The summed E-state index contributed by atoms with van der Waals surface area (Å²) in [5.41, 5.74) is 0. The van der Waals surface area contributed by atoms with Crippen molar-refractivity contribution in [3.63, 3.8) is 0 Å². The van der Waals surface area contributed by atoms with Crippen molar-refractivity contribution in [2.45, 2.75) is 31.5 Å². The summed E-state index contributed by atoms with van der Waals surface area (Å²) in [6.07, 6.45) is -9.04. The Labute approximate surface area is 128 Å². The molecule has 2 amide bonds. The maximum atomic E-state index is 14.0. The second kappa shape index (κ2) is 6.85. The minimum Gasteiger partial charge on any atom is -0.315 e. The van der Waals surface area contributed by atoms with E-state index in [2.05, 4.69) is 4.84 Å². The third-order valence-corrected chi connectivity index (χ3v) is 3.56. The van der Waals surface area contributed by atoms with Crippen molar-refractivity contribution in [1.82, 2.24) is 14.9 Å². The average Bonchev–Trinajstić information content (AvgIpc) is 2.95. The molecule has 0 bridgehead atoms. The van der Waals surface area contributed by atoms with Crippen molar-refractivity contribution < 1.29 is 36.4 Å². The number of rotatable bonds is 3. The fraction of sp³-hybridized carbons (Fsp3) is 0.833. The van der Waals surface area contributed by atoms with E-state index in [1.54, 1.807) is 0 Å². The highest BCUT2D eigenvalue weighted by Crippen LogP contribution is 2.23. The Kier molecular flexibility index (Phi) is 5.27. The normalized spacial score (nSPS) is 21.0. The standard InChI is InChI=1S/C12H16F5N3O3/c13-8-5-18(6-8)7-9(14)20(10(21)12(15,16)17)23-11(22)19-3-1-2-4-19/h8-9H,1-7H2. The Hall–Kier alpha value is -1.65. The van der Waals surface area contributed by atoms with Gasteiger partial charge in [-0.3, -0.25) is 9.69 Å². The molecule has 0 aromatic heterocycles. The topological polar surface area (TPSA) is 53.1 Å². The predicted octanol–water partition coefficient (Wildman–Crippen LogP) is 1.47. The first-order valence-corrected chi connectivity index (χ1v) is 7.06. The van der Waals surface area contributed by atoms with Crippen LogP contribution in [0.2, 0.25) is 0 Å². The van der Waals surface area contributed by atoms with Gasteiger partial charge >= 0.3 is 18.2 Å². The van der Waals surface area contributed by atoms with Crippen LogP contribution in [0.5, 0.6) is 0 Å². The van der Waals surface area contributed by atoms with Crippen LogP contribution < -0.4 is 0 Å². The van der Waals surface area contributed by atoms with Crippen molar-refractivity contribution in [3.8, 4) is 0 Å². The zero-order chi connectivity index (χ0) is 17.2. The average molecular weight is 345 g/mol. The van der Waals surface area contributed by atoms with Gasteiger partial charge in [-0.1, -0.05) is 0 Å². The number of amides is 2. The van der Waals surface area contributed by atoms with Crippen LogP contribution in [0, 0.1) is 0 Å². The van der Waals surface area contributed by atoms with E-state index in [1.165, 1.54) is 4.90 Å². The maximum absolute atomic E-state index is 14.0. The lowest BCUT2D eigenvalue weighted by Gasteiger charge is -2.37. The maximum Gasteiger partial charge on any atom is 0.474 e. The molecule has 132 valence electrons. The summed E-state index contributed by atoms with van der Waals surface area (Å²) in [4.78, 5) is 29.6. The van der Waals surface area contributed by atoms with Crippen molar-refractivity contribution in [1.29, 1.82) is 0 Å². The minimum absolute atomic E-state index is 0.144. The van der Waals surface area contributed by atoms with Crippen LogP contribution in [-0.2, 0) is 9.63 Å². The van der Waals surface area contributed by atoms with Gasteiger partial charge in [0, 0.05) is 26.2 Å². The number of alkyl halides is 5. The molecule has 2 saturated heterocycles. The van der Waals surface area contributed by atoms with E-state index in [1.807, 2.05) is 0 Å². The van der Waals surface area contributed by atoms with Crippen LogP contribution in [-0.4, -0.2) is 78.2 Å². The van der Waals surface area contributed by atoms with Gasteiger partial charge in [-0.05, 0) is 12.8 Å². The zero-order valence-electron chi connectivity index (χ0n) is 12.1. The molecule has 0 aromatic carbocycles. The molecule has 2 heterocycles. The number of carbonyl (C=O) groups excluding carboxylic acids is 2. The third-order valence-electron chi connectivity index (χ3n) is 3.56. The highest BCUT2D eigenvalue weighted by Gasteiger charge is 2.48. The van der Waals surface area contributed by atoms with Crippen LogP contribution in [0.25, 0.3) is 0 Å². The summed E-state index contributed by atoms with van der Waals surface area (Å²) in [5, 5.41) is -0.605. The van der Waals surface area contributed by atoms with E-state index in [-0.39, 0.29) is 26.2 Å². The largest absolute Gasteiger partial charge is 0.474 e. The summed E-state index contributed by atoms with van der Waals surface area (Å²) in [5.74, 6) is -2.62. The second-order valence-corrected chi connectivity index (χ2v) is 5.43. The lowest BCUT2D eigenvalue weighted by molar-refractivity contribution is -0.238. The number of carbonyl (C=O) groups is 2. The molecule has 2 fully saturated rings. The first kappa shape index (κ1) is 17.7. The predicted molar refractivity (Wildman–Crippen MR) is 66.4 cm³/mol. The third kappa shape index (κ3) is 4.43. The van der Waals surface area contributed by atoms with Crippen LogP contribution in [0.1, 0.15) is 12.8 Å². The molecule has 0 saturated carbocycles. The molecule has 2 aliphatic heterocycles. The Balaban J connectivity index is 2.01. The molecule has 1 atom stereocenters. The fourth-order valence-corrected chi connectivity index (χ4v) is 2.34. The summed E-state index contributed by atoms with van der Waals surface area (Å²) < 4.78 is 64.3. The van der Waals surface area contributed by atoms with E-state index in [4.69, 9.17) is 0 Å². The van der Waals surface area contributed by atoms with Crippen molar-refractivity contribution in [2.24, 2.45) is 0 Å². The SMILES string of the molecule is O=C(ON(C(=O)C(F)(F)F)C(F)CN1CC(F)C1)N1CCCC1. The summed E-state index contributed by atoms with van der Waals surface area (Å²) in [6, 6.07) is 0. The monoisotopic (exact) mass is 345 g/mol. The first-order chi connectivity index (χ1) is 10.7. The minimum atomic E-state index is -5.40. The van der Waals surface area contributed by atoms with Crippen LogP contribution in [0.3, 0.4) is 0 Å². The first-order valence-electron chi connectivity index (χ1n) is 7.06. The highest BCUT2D eigenvalue weighted by atomic mass is 19.4. The molecule has 0 radical (unpaired) electrons. The van der Waals surface area contributed by atoms with Crippen molar-refractivity contribution in [2.75, 3.05) is 32.7 Å². The van der Waals surface area contributed by atoms with Gasteiger partial charge in [-0.15, -0.1) is 5.06 Å². The molecular formula is C12H16F5N3O3. The molecule has 0 aliphatic carbocycles. The van der Waals surface area contributed by atoms with Gasteiger partial charge in [-0.25, -0.2) is 13.6 Å². The molecule has 23 heavy (non-hydrogen) atoms. The van der Waals surface area contributed by atoms with Crippen molar-refractivity contribution >= 4 is 12.0 Å². The number of hydroxylamine groups is 2. The number of halogens is 5. The molecule has 0 N–H and O–H groups in total.